The van der Waals surface area contributed by atoms with Crippen LogP contribution < -0.4 is 5.56 Å². The number of carbonyl (C=O) groups excluding carboxylic acids is 1. The Labute approximate surface area is 189 Å². The summed E-state index contributed by atoms with van der Waals surface area (Å²) in [5.41, 5.74) is 1.24. The smallest absolute Gasteiger partial charge is 0.271 e. The van der Waals surface area contributed by atoms with Crippen molar-refractivity contribution in [1.82, 2.24) is 14.5 Å². The first-order valence-corrected chi connectivity index (χ1v) is 13.0. The van der Waals surface area contributed by atoms with Gasteiger partial charge in [-0.2, -0.15) is 0 Å². The molecule has 1 amide bonds. The van der Waals surface area contributed by atoms with Gasteiger partial charge in [-0.3, -0.25) is 14.2 Å². The normalized spacial score (nSPS) is 17.8. The summed E-state index contributed by atoms with van der Waals surface area (Å²) in [4.78, 5) is 32.9. The number of aromatic nitrogens is 2. The zero-order chi connectivity index (χ0) is 22.2. The largest absolute Gasteiger partial charge is 0.337 e. The molecule has 2 aromatic heterocycles. The van der Waals surface area contributed by atoms with E-state index in [2.05, 4.69) is 4.98 Å². The third-order valence-electron chi connectivity index (χ3n) is 5.37. The van der Waals surface area contributed by atoms with Crippen molar-refractivity contribution in [3.8, 4) is 10.4 Å². The molecule has 164 valence electrons. The van der Waals surface area contributed by atoms with E-state index in [1.54, 1.807) is 17.0 Å². The molecule has 1 aromatic carbocycles. The van der Waals surface area contributed by atoms with Crippen LogP contribution in [0.25, 0.3) is 20.7 Å². The van der Waals surface area contributed by atoms with Gasteiger partial charge in [0.2, 0.25) is 5.91 Å². The lowest BCUT2D eigenvalue weighted by molar-refractivity contribution is -0.133. The molecule has 4 rings (SSSR count). The molecule has 1 aliphatic heterocycles. The molecular weight excluding hydrogens is 458 g/mol. The number of fused-ring (bicyclic) bond motifs is 1. The number of thiophene rings is 1. The number of hydrogen-bond donors (Lipinski definition) is 0. The summed E-state index contributed by atoms with van der Waals surface area (Å²) >= 11 is 7.28. The zero-order valence-corrected chi connectivity index (χ0v) is 19.3. The van der Waals surface area contributed by atoms with Gasteiger partial charge in [-0.25, -0.2) is 13.4 Å². The Morgan fingerprint density at radius 2 is 2.06 bits per heavy atom. The van der Waals surface area contributed by atoms with E-state index >= 15 is 0 Å². The van der Waals surface area contributed by atoms with Gasteiger partial charge in [0.25, 0.3) is 5.56 Å². The molecular formula is C21H22ClN3O4S2. The zero-order valence-electron chi connectivity index (χ0n) is 17.0. The van der Waals surface area contributed by atoms with E-state index in [4.69, 9.17) is 11.6 Å². The number of sulfone groups is 1. The molecule has 3 heterocycles. The highest BCUT2D eigenvalue weighted by atomic mass is 35.5. The average Bonchev–Trinajstić information content (AvgIpc) is 3.32. The minimum atomic E-state index is -3.11. The van der Waals surface area contributed by atoms with Gasteiger partial charge < -0.3 is 4.90 Å². The summed E-state index contributed by atoms with van der Waals surface area (Å²) in [5.74, 6) is -0.177. The van der Waals surface area contributed by atoms with Gasteiger partial charge >= 0.3 is 0 Å². The van der Waals surface area contributed by atoms with Crippen LogP contribution in [0, 0.1) is 0 Å². The Bertz CT molecular complexity index is 1280. The highest BCUT2D eigenvalue weighted by Gasteiger charge is 2.34. The number of hydrogen-bond acceptors (Lipinski definition) is 6. The molecule has 0 N–H and O–H groups in total. The standard InChI is InChI=1S/C21H22ClN3O4S2/c1-2-8-25(16-7-9-31(28,29)12-16)19(26)11-24-13-23-17-10-18(30-20(17)21(24)27)14-3-5-15(22)6-4-14/h3-6,10,13,16H,2,7-9,11-12H2,1H3. The number of halogens is 1. The molecule has 1 aliphatic rings. The SMILES string of the molecule is CCCN(C(=O)Cn1cnc2cc(-c3ccc(Cl)cc3)sc2c1=O)C1CCS(=O)(=O)C1. The van der Waals surface area contributed by atoms with Crippen LogP contribution in [0.1, 0.15) is 19.8 Å². The molecule has 31 heavy (non-hydrogen) atoms. The van der Waals surface area contributed by atoms with Crippen LogP contribution >= 0.6 is 22.9 Å². The van der Waals surface area contributed by atoms with Gasteiger partial charge in [0.05, 0.1) is 23.3 Å². The van der Waals surface area contributed by atoms with Crippen molar-refractivity contribution in [2.24, 2.45) is 0 Å². The van der Waals surface area contributed by atoms with Crippen molar-refractivity contribution in [2.45, 2.75) is 32.4 Å². The fourth-order valence-corrected chi connectivity index (χ4v) is 6.75. The first-order chi connectivity index (χ1) is 14.8. The molecule has 0 spiro atoms. The lowest BCUT2D eigenvalue weighted by Gasteiger charge is -2.28. The van der Waals surface area contributed by atoms with Crippen LogP contribution in [0.4, 0.5) is 0 Å². The van der Waals surface area contributed by atoms with Crippen molar-refractivity contribution >= 4 is 48.9 Å². The second-order valence-corrected chi connectivity index (χ2v) is 11.4. The first-order valence-electron chi connectivity index (χ1n) is 10.0. The summed E-state index contributed by atoms with van der Waals surface area (Å²) in [6.07, 6.45) is 2.54. The lowest BCUT2D eigenvalue weighted by Crippen LogP contribution is -2.44. The molecule has 1 saturated heterocycles. The van der Waals surface area contributed by atoms with E-state index in [-0.39, 0.29) is 35.6 Å². The second-order valence-electron chi connectivity index (χ2n) is 7.65. The van der Waals surface area contributed by atoms with Gasteiger partial charge in [-0.1, -0.05) is 30.7 Å². The summed E-state index contributed by atoms with van der Waals surface area (Å²) in [5, 5.41) is 0.635. The summed E-state index contributed by atoms with van der Waals surface area (Å²) in [7, 11) is -3.11. The van der Waals surface area contributed by atoms with E-state index in [1.807, 2.05) is 25.1 Å². The first kappa shape index (κ1) is 22.0. The van der Waals surface area contributed by atoms with Gasteiger partial charge in [0, 0.05) is 22.5 Å². The van der Waals surface area contributed by atoms with Gasteiger partial charge in [0.15, 0.2) is 9.84 Å². The average molecular weight is 480 g/mol. The maximum absolute atomic E-state index is 13.0. The maximum Gasteiger partial charge on any atom is 0.271 e. The number of carbonyl (C=O) groups is 1. The Morgan fingerprint density at radius 1 is 1.32 bits per heavy atom. The molecule has 1 unspecified atom stereocenters. The van der Waals surface area contributed by atoms with Crippen molar-refractivity contribution < 1.29 is 13.2 Å². The topological polar surface area (TPSA) is 89.3 Å². The third kappa shape index (κ3) is 4.68. The van der Waals surface area contributed by atoms with Crippen LogP contribution in [0.3, 0.4) is 0 Å². The minimum absolute atomic E-state index is 0.0136. The molecule has 3 aromatic rings. The molecule has 10 heteroatoms. The van der Waals surface area contributed by atoms with Gasteiger partial charge in [-0.15, -0.1) is 11.3 Å². The summed E-state index contributed by atoms with van der Waals surface area (Å²) in [6.45, 7) is 2.24. The highest BCUT2D eigenvalue weighted by Crippen LogP contribution is 2.31. The lowest BCUT2D eigenvalue weighted by atomic mass is 10.2. The van der Waals surface area contributed by atoms with Gasteiger partial charge in [0.1, 0.15) is 11.2 Å². The van der Waals surface area contributed by atoms with E-state index in [0.29, 0.717) is 34.6 Å². The molecule has 1 atom stereocenters. The number of rotatable bonds is 6. The van der Waals surface area contributed by atoms with Crippen LogP contribution in [0.2, 0.25) is 5.02 Å². The number of benzene rings is 1. The van der Waals surface area contributed by atoms with E-state index in [0.717, 1.165) is 10.4 Å². The van der Waals surface area contributed by atoms with E-state index in [9.17, 15) is 18.0 Å². The number of nitrogens with zero attached hydrogens (tertiary/aromatic N) is 3. The molecule has 7 nitrogen and oxygen atoms in total. The van der Waals surface area contributed by atoms with Crippen LogP contribution in [-0.2, 0) is 21.2 Å². The van der Waals surface area contributed by atoms with Crippen molar-refractivity contribution in [1.29, 1.82) is 0 Å². The van der Waals surface area contributed by atoms with Gasteiger partial charge in [-0.05, 0) is 36.6 Å². The molecule has 1 fully saturated rings. The van der Waals surface area contributed by atoms with Crippen molar-refractivity contribution in [3.63, 3.8) is 0 Å². The Balaban J connectivity index is 1.60. The summed E-state index contributed by atoms with van der Waals surface area (Å²) < 4.78 is 25.5. The number of amides is 1. The van der Waals surface area contributed by atoms with Crippen LogP contribution in [0.5, 0.6) is 0 Å². The fraction of sp³-hybridized carbons (Fsp3) is 0.381. The highest BCUT2D eigenvalue weighted by molar-refractivity contribution is 7.91. The molecule has 0 radical (unpaired) electrons. The Hall–Kier alpha value is -2.23. The predicted molar refractivity (Wildman–Crippen MR) is 123 cm³/mol. The van der Waals surface area contributed by atoms with Crippen LogP contribution in [-0.4, -0.2) is 52.9 Å². The third-order valence-corrected chi connectivity index (χ3v) is 8.54. The van der Waals surface area contributed by atoms with Crippen LogP contribution in [0.15, 0.2) is 41.5 Å². The fourth-order valence-electron chi connectivity index (χ4n) is 3.82. The van der Waals surface area contributed by atoms with E-state index in [1.165, 1.54) is 22.2 Å². The quantitative estimate of drug-likeness (QED) is 0.541. The molecule has 0 bridgehead atoms. The van der Waals surface area contributed by atoms with Crippen molar-refractivity contribution in [2.75, 3.05) is 18.1 Å². The maximum atomic E-state index is 13.0. The van der Waals surface area contributed by atoms with E-state index < -0.39 is 9.84 Å². The summed E-state index contributed by atoms with van der Waals surface area (Å²) in [6, 6.07) is 8.86. The minimum Gasteiger partial charge on any atom is -0.337 e. The molecule has 0 aliphatic carbocycles. The Morgan fingerprint density at radius 3 is 2.71 bits per heavy atom. The Kier molecular flexibility index (Phi) is 6.18. The van der Waals surface area contributed by atoms with Crippen molar-refractivity contribution in [3.05, 3.63) is 52.0 Å². The second kappa shape index (κ2) is 8.72. The molecule has 0 saturated carbocycles. The predicted octanol–water partition coefficient (Wildman–Crippen LogP) is 3.20. The monoisotopic (exact) mass is 479 g/mol.